The van der Waals surface area contributed by atoms with Crippen molar-refractivity contribution >= 4 is 9.84 Å². The monoisotopic (exact) mass is 231 g/mol. The smallest absolute Gasteiger partial charge is 0.181 e. The van der Waals surface area contributed by atoms with Crippen LogP contribution in [0.5, 0.6) is 0 Å². The van der Waals surface area contributed by atoms with Gasteiger partial charge in [-0.15, -0.1) is 0 Å². The van der Waals surface area contributed by atoms with E-state index in [0.29, 0.717) is 6.26 Å². The van der Waals surface area contributed by atoms with Crippen LogP contribution in [0.15, 0.2) is 17.0 Å². The first-order valence-corrected chi connectivity index (χ1v) is 5.81. The Bertz CT molecular complexity index is 532. The first-order valence-electron chi connectivity index (χ1n) is 3.92. The second-order valence-electron chi connectivity index (χ2n) is 2.96. The summed E-state index contributed by atoms with van der Waals surface area (Å²) in [4.78, 5) is -0.977. The van der Waals surface area contributed by atoms with Crippen molar-refractivity contribution in [1.82, 2.24) is 0 Å². The lowest BCUT2D eigenvalue weighted by Gasteiger charge is -2.05. The van der Waals surface area contributed by atoms with Crippen molar-refractivity contribution in [3.8, 4) is 6.07 Å². The summed E-state index contributed by atoms with van der Waals surface area (Å²) in [5, 5.41) is 8.35. The van der Waals surface area contributed by atoms with Gasteiger partial charge in [0.2, 0.25) is 0 Å². The molecule has 0 atom stereocenters. The number of hydrogen-bond donors (Lipinski definition) is 0. The van der Waals surface area contributed by atoms with E-state index in [1.54, 1.807) is 6.07 Å². The van der Waals surface area contributed by atoms with E-state index in [2.05, 4.69) is 0 Å². The third kappa shape index (κ3) is 2.30. The van der Waals surface area contributed by atoms with E-state index in [1.165, 1.54) is 0 Å². The lowest BCUT2D eigenvalue weighted by Crippen LogP contribution is -2.07. The minimum absolute atomic E-state index is 0.126. The predicted octanol–water partition coefficient (Wildman–Crippen LogP) is 1.43. The predicted molar refractivity (Wildman–Crippen MR) is 48.8 cm³/mol. The molecule has 80 valence electrons. The Kier molecular flexibility index (Phi) is 3.05. The van der Waals surface area contributed by atoms with Crippen LogP contribution in [0.2, 0.25) is 0 Å². The highest BCUT2D eigenvalue weighted by Gasteiger charge is 2.21. The second kappa shape index (κ2) is 3.95. The van der Waals surface area contributed by atoms with Gasteiger partial charge < -0.3 is 0 Å². The van der Waals surface area contributed by atoms with Crippen molar-refractivity contribution in [1.29, 1.82) is 5.26 Å². The molecule has 15 heavy (non-hydrogen) atoms. The topological polar surface area (TPSA) is 57.9 Å². The van der Waals surface area contributed by atoms with E-state index in [-0.39, 0.29) is 12.0 Å². The van der Waals surface area contributed by atoms with Crippen LogP contribution in [0, 0.1) is 23.0 Å². The van der Waals surface area contributed by atoms with Crippen LogP contribution < -0.4 is 0 Å². The van der Waals surface area contributed by atoms with E-state index >= 15 is 0 Å². The summed E-state index contributed by atoms with van der Waals surface area (Å²) >= 11 is 0. The van der Waals surface area contributed by atoms with Gasteiger partial charge in [0.25, 0.3) is 0 Å². The van der Waals surface area contributed by atoms with Crippen LogP contribution in [0.1, 0.15) is 5.56 Å². The first-order chi connectivity index (χ1) is 6.88. The Morgan fingerprint density at radius 2 is 2.00 bits per heavy atom. The molecule has 0 bridgehead atoms. The van der Waals surface area contributed by atoms with Gasteiger partial charge in [0.1, 0.15) is 16.5 Å². The molecule has 0 fully saturated rings. The average molecular weight is 231 g/mol. The van der Waals surface area contributed by atoms with E-state index in [0.717, 1.165) is 12.1 Å². The maximum absolute atomic E-state index is 13.4. The largest absolute Gasteiger partial charge is 0.224 e. The molecule has 0 spiro atoms. The lowest BCUT2D eigenvalue weighted by molar-refractivity contribution is 0.515. The Morgan fingerprint density at radius 3 is 2.47 bits per heavy atom. The molecule has 1 aromatic carbocycles. The summed E-state index contributed by atoms with van der Waals surface area (Å²) in [6.45, 7) is 0. The molecule has 3 nitrogen and oxygen atoms in total. The molecule has 1 aromatic rings. The Labute approximate surface area is 85.9 Å². The number of hydrogen-bond acceptors (Lipinski definition) is 3. The summed E-state index contributed by atoms with van der Waals surface area (Å²) in [6, 6.07) is 3.56. The van der Waals surface area contributed by atoms with Crippen molar-refractivity contribution in [3.63, 3.8) is 0 Å². The molecule has 0 N–H and O–H groups in total. The molecule has 0 aliphatic carbocycles. The second-order valence-corrected chi connectivity index (χ2v) is 4.91. The molecular formula is C9H7F2NO2S. The zero-order chi connectivity index (χ0) is 11.6. The van der Waals surface area contributed by atoms with Gasteiger partial charge in [-0.25, -0.2) is 17.2 Å². The van der Waals surface area contributed by atoms with Gasteiger partial charge in [-0.2, -0.15) is 5.26 Å². The Balaban J connectivity index is 3.52. The van der Waals surface area contributed by atoms with Crippen molar-refractivity contribution in [2.24, 2.45) is 0 Å². The van der Waals surface area contributed by atoms with Crippen LogP contribution in [0.3, 0.4) is 0 Å². The average Bonchev–Trinajstić information content (AvgIpc) is 2.08. The van der Waals surface area contributed by atoms with Gasteiger partial charge in [0.15, 0.2) is 9.84 Å². The molecule has 6 heteroatoms. The van der Waals surface area contributed by atoms with Crippen molar-refractivity contribution in [3.05, 3.63) is 29.3 Å². The maximum atomic E-state index is 13.4. The molecule has 0 saturated heterocycles. The number of nitrogens with zero attached hydrogens (tertiary/aromatic N) is 1. The van der Waals surface area contributed by atoms with Gasteiger partial charge >= 0.3 is 0 Å². The molecule has 0 unspecified atom stereocenters. The summed E-state index contributed by atoms with van der Waals surface area (Å²) < 4.78 is 48.6. The third-order valence-corrected chi connectivity index (χ3v) is 2.89. The standard InChI is InChI=1S/C9H7F2NO2S/c1-15(13,14)9-7(10)3-2-6(4-5-12)8(9)11/h2-3H,4H2,1H3. The first kappa shape index (κ1) is 11.6. The number of benzene rings is 1. The number of nitriles is 1. The number of halogens is 2. The molecule has 0 aromatic heterocycles. The van der Waals surface area contributed by atoms with Crippen molar-refractivity contribution in [2.75, 3.05) is 6.26 Å². The van der Waals surface area contributed by atoms with Gasteiger partial charge in [0, 0.05) is 11.8 Å². The SMILES string of the molecule is CS(=O)(=O)c1c(F)ccc(CC#N)c1F. The number of sulfone groups is 1. The van der Waals surface area contributed by atoms with E-state index < -0.39 is 26.4 Å². The quantitative estimate of drug-likeness (QED) is 0.773. The molecule has 0 radical (unpaired) electrons. The summed E-state index contributed by atoms with van der Waals surface area (Å²) in [6.07, 6.45) is 0.416. The van der Waals surface area contributed by atoms with Crippen LogP contribution >= 0.6 is 0 Å². The van der Waals surface area contributed by atoms with Gasteiger partial charge in [0.05, 0.1) is 12.5 Å². The summed E-state index contributed by atoms with van der Waals surface area (Å²) in [5.74, 6) is -2.32. The molecule has 0 aliphatic rings. The highest BCUT2D eigenvalue weighted by molar-refractivity contribution is 7.90. The van der Waals surface area contributed by atoms with E-state index in [1.807, 2.05) is 0 Å². The molecule has 0 aliphatic heterocycles. The number of rotatable bonds is 2. The third-order valence-electron chi connectivity index (χ3n) is 1.77. The fraction of sp³-hybridized carbons (Fsp3) is 0.222. The zero-order valence-electron chi connectivity index (χ0n) is 7.79. The Morgan fingerprint density at radius 1 is 1.40 bits per heavy atom. The van der Waals surface area contributed by atoms with Crippen LogP contribution in [0.25, 0.3) is 0 Å². The van der Waals surface area contributed by atoms with Crippen LogP contribution in [-0.2, 0) is 16.3 Å². The van der Waals surface area contributed by atoms with E-state index in [4.69, 9.17) is 5.26 Å². The zero-order valence-corrected chi connectivity index (χ0v) is 8.61. The minimum atomic E-state index is -3.96. The highest BCUT2D eigenvalue weighted by atomic mass is 32.2. The van der Waals surface area contributed by atoms with E-state index in [9.17, 15) is 17.2 Å². The molecule has 0 saturated carbocycles. The normalized spacial score (nSPS) is 11.1. The maximum Gasteiger partial charge on any atom is 0.181 e. The lowest BCUT2D eigenvalue weighted by atomic mass is 10.1. The fourth-order valence-corrected chi connectivity index (χ4v) is 2.01. The van der Waals surface area contributed by atoms with Crippen molar-refractivity contribution in [2.45, 2.75) is 11.3 Å². The fourth-order valence-electron chi connectivity index (χ4n) is 1.13. The molecule has 0 heterocycles. The minimum Gasteiger partial charge on any atom is -0.224 e. The highest BCUT2D eigenvalue weighted by Crippen LogP contribution is 2.21. The molecule has 1 rings (SSSR count). The van der Waals surface area contributed by atoms with Gasteiger partial charge in [-0.1, -0.05) is 6.07 Å². The van der Waals surface area contributed by atoms with Crippen molar-refractivity contribution < 1.29 is 17.2 Å². The molecule has 0 amide bonds. The summed E-state index contributed by atoms with van der Waals surface area (Å²) in [7, 11) is -3.96. The van der Waals surface area contributed by atoms with Crippen LogP contribution in [0.4, 0.5) is 8.78 Å². The summed E-state index contributed by atoms with van der Waals surface area (Å²) in [5.41, 5.74) is -0.126. The van der Waals surface area contributed by atoms with Gasteiger partial charge in [-0.05, 0) is 6.07 Å². The Hall–Kier alpha value is -1.48. The molecular weight excluding hydrogens is 224 g/mol. The van der Waals surface area contributed by atoms with Gasteiger partial charge in [-0.3, -0.25) is 0 Å². The van der Waals surface area contributed by atoms with Crippen LogP contribution in [-0.4, -0.2) is 14.7 Å².